The second-order valence-electron chi connectivity index (χ2n) is 10.5. The highest BCUT2D eigenvalue weighted by atomic mass is 19.4. The van der Waals surface area contributed by atoms with Crippen LogP contribution in [0.3, 0.4) is 0 Å². The molecule has 12 heteroatoms. The number of pyridine rings is 3. The minimum absolute atomic E-state index is 0.203. The minimum atomic E-state index is -4.54. The van der Waals surface area contributed by atoms with Gasteiger partial charge in [-0.3, -0.25) is 14.7 Å². The summed E-state index contributed by atoms with van der Waals surface area (Å²) >= 11 is 0. The zero-order chi connectivity index (χ0) is 30.9. The Morgan fingerprint density at radius 1 is 1.12 bits per heavy atom. The summed E-state index contributed by atoms with van der Waals surface area (Å²) in [7, 11) is 1.65. The van der Waals surface area contributed by atoms with Crippen LogP contribution in [0.1, 0.15) is 36.7 Å². The van der Waals surface area contributed by atoms with E-state index in [2.05, 4.69) is 24.6 Å². The lowest BCUT2D eigenvalue weighted by Crippen LogP contribution is -2.60. The van der Waals surface area contributed by atoms with Crippen molar-refractivity contribution in [2.45, 2.75) is 38.1 Å². The van der Waals surface area contributed by atoms with E-state index in [0.29, 0.717) is 47.7 Å². The quantitative estimate of drug-likeness (QED) is 0.201. The van der Waals surface area contributed by atoms with Crippen molar-refractivity contribution in [3.63, 3.8) is 0 Å². The molecule has 1 unspecified atom stereocenters. The van der Waals surface area contributed by atoms with Crippen LogP contribution in [-0.2, 0) is 18.0 Å². The molecule has 4 aromatic rings. The summed E-state index contributed by atoms with van der Waals surface area (Å²) in [5.41, 5.74) is 1.65. The number of hydrogen-bond acceptors (Lipinski definition) is 6. The van der Waals surface area contributed by atoms with Gasteiger partial charge in [-0.1, -0.05) is 18.7 Å². The molecule has 0 saturated carbocycles. The summed E-state index contributed by atoms with van der Waals surface area (Å²) in [4.78, 5) is 29.4. The minimum Gasteiger partial charge on any atom is -0.380 e. The Morgan fingerprint density at radius 3 is 2.49 bits per heavy atom. The molecule has 43 heavy (non-hydrogen) atoms. The number of anilines is 1. The van der Waals surface area contributed by atoms with E-state index in [1.165, 1.54) is 28.8 Å². The monoisotopic (exact) mass is 594 g/mol. The zero-order valence-corrected chi connectivity index (χ0v) is 23.8. The van der Waals surface area contributed by atoms with Crippen molar-refractivity contribution in [1.82, 2.24) is 19.4 Å². The van der Waals surface area contributed by atoms with Crippen LogP contribution in [0, 0.1) is 12.4 Å². The molecule has 0 aliphatic carbocycles. The topological polar surface area (TPSA) is 67.8 Å². The van der Waals surface area contributed by atoms with Crippen LogP contribution in [0.4, 0.5) is 29.1 Å². The van der Waals surface area contributed by atoms with E-state index in [1.807, 2.05) is 13.8 Å². The van der Waals surface area contributed by atoms with Gasteiger partial charge >= 0.3 is 6.18 Å². The van der Waals surface area contributed by atoms with E-state index in [1.54, 1.807) is 31.3 Å². The summed E-state index contributed by atoms with van der Waals surface area (Å²) in [6.07, 6.45) is -3.72. The molecular weight excluding hydrogens is 564 g/mol. The van der Waals surface area contributed by atoms with Crippen LogP contribution in [0.25, 0.3) is 15.9 Å². The van der Waals surface area contributed by atoms with E-state index >= 15 is 0 Å². The molecule has 4 heterocycles. The summed E-state index contributed by atoms with van der Waals surface area (Å²) in [5.74, 6) is -0.231. The molecule has 0 radical (unpaired) electrons. The lowest BCUT2D eigenvalue weighted by Gasteiger charge is -2.49. The highest BCUT2D eigenvalue weighted by Gasteiger charge is 2.39. The molecule has 5 rings (SSSR count). The third-order valence-electron chi connectivity index (χ3n) is 7.79. The maximum absolute atomic E-state index is 13.9. The van der Waals surface area contributed by atoms with Gasteiger partial charge in [-0.2, -0.15) is 13.2 Å². The average Bonchev–Trinajstić information content (AvgIpc) is 2.99. The highest BCUT2D eigenvalue weighted by molar-refractivity contribution is 5.89. The number of ether oxygens (including phenoxy) is 1. The first-order valence-corrected chi connectivity index (χ1v) is 13.8. The third-order valence-corrected chi connectivity index (χ3v) is 7.79. The first kappa shape index (κ1) is 30.1. The fourth-order valence-electron chi connectivity index (χ4n) is 5.61. The number of aryl methyl sites for hydroxylation is 1. The molecule has 1 fully saturated rings. The highest BCUT2D eigenvalue weighted by Crippen LogP contribution is 2.37. The molecule has 1 saturated heterocycles. The van der Waals surface area contributed by atoms with Crippen molar-refractivity contribution < 1.29 is 22.3 Å². The summed E-state index contributed by atoms with van der Waals surface area (Å²) in [6, 6.07) is 11.9. The van der Waals surface area contributed by atoms with Gasteiger partial charge in [0.15, 0.2) is 0 Å². The van der Waals surface area contributed by atoms with Crippen LogP contribution in [-0.4, -0.2) is 57.8 Å². The van der Waals surface area contributed by atoms with Crippen molar-refractivity contribution in [2.24, 2.45) is 7.05 Å². The number of hydrogen-bond donors (Lipinski definition) is 0. The Bertz CT molecular complexity index is 1700. The summed E-state index contributed by atoms with van der Waals surface area (Å²) in [6.45, 7) is 12.8. The van der Waals surface area contributed by atoms with Gasteiger partial charge in [0.25, 0.3) is 11.4 Å². The van der Waals surface area contributed by atoms with Gasteiger partial charge in [-0.25, -0.2) is 4.39 Å². The molecule has 0 bridgehead atoms. The van der Waals surface area contributed by atoms with E-state index in [0.717, 1.165) is 12.3 Å². The zero-order valence-electron chi connectivity index (χ0n) is 23.8. The first-order valence-electron chi connectivity index (χ1n) is 13.8. The number of rotatable bonds is 7. The van der Waals surface area contributed by atoms with Gasteiger partial charge in [-0.15, -0.1) is 4.98 Å². The maximum Gasteiger partial charge on any atom is 0.417 e. The van der Waals surface area contributed by atoms with Crippen LogP contribution in [0.5, 0.6) is 0 Å². The van der Waals surface area contributed by atoms with Crippen molar-refractivity contribution >= 4 is 22.5 Å². The van der Waals surface area contributed by atoms with Crippen LogP contribution >= 0.6 is 0 Å². The standard InChI is InChI=1S/C31H30F4N6O2/c1-5-43-18-23-17-40(26-14-28(42)39(4)25-12-13-27(36-3)38-29(25)26)19(2)16-41(23)30(20-6-9-22(32)10-7-20)24-11-8-21(15-37-24)31(33,34)35/h6-15,19,23,30H,5,16-18H2,1-2,4H3/t19-,23-,30?/m0/s1. The summed E-state index contributed by atoms with van der Waals surface area (Å²) < 4.78 is 61.4. The fraction of sp³-hybridized carbons (Fsp3) is 0.355. The smallest absolute Gasteiger partial charge is 0.380 e. The molecule has 0 N–H and O–H groups in total. The van der Waals surface area contributed by atoms with Gasteiger partial charge < -0.3 is 19.0 Å². The maximum atomic E-state index is 13.9. The molecule has 3 aromatic heterocycles. The lowest BCUT2D eigenvalue weighted by molar-refractivity contribution is -0.137. The SMILES string of the molecule is [C-]#[N+]c1ccc2c(n1)c(N1C[C@@H](COCC)N(C(c3ccc(F)cc3)c3ccc(C(F)(F)F)cn3)C[C@@H]1C)cc(=O)n2C. The Kier molecular flexibility index (Phi) is 8.48. The van der Waals surface area contributed by atoms with Gasteiger partial charge in [0.2, 0.25) is 5.52 Å². The fourth-order valence-corrected chi connectivity index (χ4v) is 5.61. The third kappa shape index (κ3) is 6.09. The number of piperazine rings is 1. The second kappa shape index (κ2) is 12.1. The number of nitrogens with zero attached hydrogens (tertiary/aromatic N) is 6. The van der Waals surface area contributed by atoms with Crippen LogP contribution in [0.2, 0.25) is 0 Å². The van der Waals surface area contributed by atoms with Crippen molar-refractivity contribution in [1.29, 1.82) is 0 Å². The summed E-state index contributed by atoms with van der Waals surface area (Å²) in [5, 5.41) is 0. The molecule has 224 valence electrons. The Labute approximate surface area is 246 Å². The molecule has 1 aliphatic rings. The predicted molar refractivity (Wildman–Crippen MR) is 155 cm³/mol. The van der Waals surface area contributed by atoms with Gasteiger partial charge in [0.05, 0.1) is 41.2 Å². The van der Waals surface area contributed by atoms with Gasteiger partial charge in [0, 0.05) is 45.0 Å². The number of alkyl halides is 3. The molecule has 1 aromatic carbocycles. The molecule has 3 atom stereocenters. The number of aromatic nitrogens is 3. The van der Waals surface area contributed by atoms with Crippen LogP contribution in [0.15, 0.2) is 65.6 Å². The van der Waals surface area contributed by atoms with Crippen molar-refractivity contribution in [3.05, 3.63) is 105 Å². The van der Waals surface area contributed by atoms with E-state index in [4.69, 9.17) is 11.3 Å². The van der Waals surface area contributed by atoms with E-state index in [9.17, 15) is 22.4 Å². The number of benzene rings is 1. The molecular formula is C31H30F4N6O2. The van der Waals surface area contributed by atoms with E-state index in [-0.39, 0.29) is 30.1 Å². The lowest BCUT2D eigenvalue weighted by atomic mass is 9.95. The predicted octanol–water partition coefficient (Wildman–Crippen LogP) is 5.74. The number of halogens is 4. The second-order valence-corrected chi connectivity index (χ2v) is 10.5. The van der Waals surface area contributed by atoms with Crippen molar-refractivity contribution in [3.8, 4) is 0 Å². The normalized spacial score (nSPS) is 18.5. The largest absolute Gasteiger partial charge is 0.417 e. The first-order chi connectivity index (χ1) is 20.5. The van der Waals surface area contributed by atoms with Gasteiger partial charge in [0.1, 0.15) is 5.82 Å². The molecule has 0 amide bonds. The van der Waals surface area contributed by atoms with Crippen molar-refractivity contribution in [2.75, 3.05) is 31.2 Å². The van der Waals surface area contributed by atoms with E-state index < -0.39 is 23.6 Å². The number of fused-ring (bicyclic) bond motifs is 1. The Morgan fingerprint density at radius 2 is 1.86 bits per heavy atom. The van der Waals surface area contributed by atoms with Gasteiger partial charge in [-0.05, 0) is 55.8 Å². The molecule has 1 aliphatic heterocycles. The molecule has 0 spiro atoms. The molecule has 8 nitrogen and oxygen atoms in total. The van der Waals surface area contributed by atoms with Crippen LogP contribution < -0.4 is 10.5 Å². The Balaban J connectivity index is 1.60. The average molecular weight is 595 g/mol. The Hall–Kier alpha value is -4.34.